The maximum atomic E-state index is 12.9. The monoisotopic (exact) mass is 934 g/mol. The summed E-state index contributed by atoms with van der Waals surface area (Å²) in [4.78, 5) is 16.7. The van der Waals surface area contributed by atoms with Gasteiger partial charge in [0.2, 0.25) is 11.6 Å². The van der Waals surface area contributed by atoms with Crippen LogP contribution in [0.25, 0.3) is 22.8 Å². The Morgan fingerprint density at radius 3 is 1.58 bits per heavy atom. The van der Waals surface area contributed by atoms with E-state index in [-0.39, 0.29) is 19.6 Å². The maximum Gasteiger partial charge on any atom is 0.416 e. The van der Waals surface area contributed by atoms with Gasteiger partial charge in [-0.1, -0.05) is 72.8 Å². The predicted octanol–water partition coefficient (Wildman–Crippen LogP) is 7.78. The number of ether oxygens (including phenoxy) is 1. The third kappa shape index (κ3) is 13.2. The van der Waals surface area contributed by atoms with Crippen molar-refractivity contribution in [2.75, 3.05) is 26.2 Å². The van der Waals surface area contributed by atoms with Crippen molar-refractivity contribution in [3.8, 4) is 22.8 Å². The molecule has 4 heterocycles. The SMILES string of the molecule is CC(C)(C)OC(=O)N1CCCC(O)(Cn2nnc(-c3ccccc3Cc3ccc(C(F)(F)F)cc3)n2)C1.OC1(Cn2nnc(-c3ccccc3Cc3ccc(C(F)(F)F)cc3)n2)CCCNC1. The number of hydrogen-bond donors (Lipinski definition) is 3. The molecule has 0 spiro atoms. The van der Waals surface area contributed by atoms with Crippen molar-refractivity contribution in [1.82, 2.24) is 50.6 Å². The molecule has 2 aliphatic heterocycles. The molecule has 2 fully saturated rings. The molecule has 2 unspecified atom stereocenters. The molecule has 2 aromatic heterocycles. The molecule has 2 atom stereocenters. The van der Waals surface area contributed by atoms with Gasteiger partial charge in [-0.05, 0) is 123 Å². The van der Waals surface area contributed by atoms with Crippen molar-refractivity contribution in [3.05, 3.63) is 130 Å². The van der Waals surface area contributed by atoms with Gasteiger partial charge in [0.25, 0.3) is 0 Å². The van der Waals surface area contributed by atoms with E-state index in [0.717, 1.165) is 59.5 Å². The first kappa shape index (κ1) is 48.7. The first-order valence-corrected chi connectivity index (χ1v) is 21.8. The van der Waals surface area contributed by atoms with E-state index in [4.69, 9.17) is 4.74 Å². The fourth-order valence-electron chi connectivity index (χ4n) is 8.02. The summed E-state index contributed by atoms with van der Waals surface area (Å²) in [6.07, 6.45) is -5.76. The second kappa shape index (κ2) is 19.9. The molecule has 20 heteroatoms. The Morgan fingerprint density at radius 1 is 0.672 bits per heavy atom. The number of benzene rings is 4. The number of tetrazole rings is 2. The minimum absolute atomic E-state index is 0.0420. The van der Waals surface area contributed by atoms with E-state index < -0.39 is 46.4 Å². The highest BCUT2D eigenvalue weighted by Crippen LogP contribution is 2.32. The van der Waals surface area contributed by atoms with Crippen molar-refractivity contribution in [1.29, 1.82) is 0 Å². The normalized spacial score (nSPS) is 19.1. The number of hydrogen-bond acceptors (Lipinski definition) is 11. The van der Waals surface area contributed by atoms with Crippen LogP contribution in [0.2, 0.25) is 0 Å². The summed E-state index contributed by atoms with van der Waals surface area (Å²) in [6.45, 7) is 7.60. The summed E-state index contributed by atoms with van der Waals surface area (Å²) in [5, 5.41) is 50.4. The number of nitrogens with one attached hydrogen (secondary N) is 1. The highest BCUT2D eigenvalue weighted by Gasteiger charge is 2.38. The van der Waals surface area contributed by atoms with Crippen LogP contribution in [-0.2, 0) is 43.0 Å². The fourth-order valence-corrected chi connectivity index (χ4v) is 8.02. The largest absolute Gasteiger partial charge is 0.444 e. The minimum Gasteiger partial charge on any atom is -0.444 e. The Morgan fingerprint density at radius 2 is 1.13 bits per heavy atom. The van der Waals surface area contributed by atoms with Crippen molar-refractivity contribution < 1.29 is 46.1 Å². The van der Waals surface area contributed by atoms with Crippen LogP contribution in [0.1, 0.15) is 79.8 Å². The highest BCUT2D eigenvalue weighted by molar-refractivity contribution is 5.68. The van der Waals surface area contributed by atoms with Crippen LogP contribution in [0.5, 0.6) is 0 Å². The van der Waals surface area contributed by atoms with Crippen molar-refractivity contribution >= 4 is 6.09 Å². The van der Waals surface area contributed by atoms with E-state index >= 15 is 0 Å². The Balaban J connectivity index is 0.000000203. The molecule has 3 N–H and O–H groups in total. The number of halogens is 6. The molecule has 0 bridgehead atoms. The van der Waals surface area contributed by atoms with Gasteiger partial charge < -0.3 is 25.2 Å². The first-order chi connectivity index (χ1) is 31.6. The van der Waals surface area contributed by atoms with Gasteiger partial charge in [0.1, 0.15) is 11.2 Å². The lowest BCUT2D eigenvalue weighted by Crippen LogP contribution is -2.53. The quantitative estimate of drug-likeness (QED) is 0.115. The molecule has 14 nitrogen and oxygen atoms in total. The Labute approximate surface area is 383 Å². The molecule has 1 amide bonds. The van der Waals surface area contributed by atoms with E-state index in [9.17, 15) is 41.4 Å². The molecule has 4 aromatic carbocycles. The number of carbonyl (C=O) groups excluding carboxylic acids is 1. The van der Waals surface area contributed by atoms with Gasteiger partial charge in [-0.15, -0.1) is 20.4 Å². The number of aromatic nitrogens is 8. The lowest BCUT2D eigenvalue weighted by atomic mass is 9.93. The zero-order valence-corrected chi connectivity index (χ0v) is 37.2. The number of likely N-dealkylation sites (tertiary alicyclic amines) is 1. The van der Waals surface area contributed by atoms with E-state index in [1.165, 1.54) is 38.8 Å². The van der Waals surface area contributed by atoms with Gasteiger partial charge in [0.15, 0.2) is 0 Å². The zero-order chi connectivity index (χ0) is 48.0. The highest BCUT2D eigenvalue weighted by atomic mass is 19.4. The molecule has 67 heavy (non-hydrogen) atoms. The van der Waals surface area contributed by atoms with Gasteiger partial charge in [-0.25, -0.2) is 4.79 Å². The second-order valence-electron chi connectivity index (χ2n) is 18.1. The van der Waals surface area contributed by atoms with Crippen LogP contribution in [0.3, 0.4) is 0 Å². The number of rotatable bonds is 10. The molecule has 2 aliphatic rings. The van der Waals surface area contributed by atoms with E-state index in [1.807, 2.05) is 48.5 Å². The number of carbonyl (C=O) groups is 1. The number of amides is 1. The number of piperidine rings is 2. The van der Waals surface area contributed by atoms with E-state index in [2.05, 4.69) is 36.1 Å². The summed E-state index contributed by atoms with van der Waals surface area (Å²) in [6, 6.07) is 25.0. The Hall–Kier alpha value is -6.25. The smallest absolute Gasteiger partial charge is 0.416 e. The van der Waals surface area contributed by atoms with Crippen LogP contribution in [0.15, 0.2) is 97.1 Å². The van der Waals surface area contributed by atoms with Gasteiger partial charge in [0, 0.05) is 24.2 Å². The van der Waals surface area contributed by atoms with Crippen LogP contribution in [0.4, 0.5) is 31.1 Å². The van der Waals surface area contributed by atoms with Crippen molar-refractivity contribution in [2.24, 2.45) is 0 Å². The summed E-state index contributed by atoms with van der Waals surface area (Å²) in [7, 11) is 0. The molecule has 356 valence electrons. The molecule has 6 aromatic rings. The number of aliphatic hydroxyl groups is 2. The van der Waals surface area contributed by atoms with Gasteiger partial charge in [-0.2, -0.15) is 35.9 Å². The van der Waals surface area contributed by atoms with Crippen molar-refractivity contribution in [3.63, 3.8) is 0 Å². The Bertz CT molecular complexity index is 2590. The number of nitrogens with zero attached hydrogens (tertiary/aromatic N) is 9. The third-order valence-electron chi connectivity index (χ3n) is 11.3. The standard InChI is InChI=1S/C26H30F3N5O3.C21H22F3N5O/c1-24(2,3)37-23(35)33-14-6-13-25(36,16-33)17-34-31-22(30-32-34)21-8-5-4-7-19(21)15-18-9-11-20(12-10-18)26(27,28)29;22-21(23,24)17-8-6-15(7-9-17)12-16-4-1-2-5-18(16)19-26-28-29(27-19)14-20(30)10-3-11-25-13-20/h4-5,7-12,36H,6,13-17H2,1-3H3;1-2,4-9,25,30H,3,10-14H2. The van der Waals surface area contributed by atoms with Gasteiger partial charge in [-0.3, -0.25) is 0 Å². The molecular formula is C47H52F6N10O4. The van der Waals surface area contributed by atoms with Gasteiger partial charge in [0.05, 0.1) is 36.4 Å². The van der Waals surface area contributed by atoms with Crippen LogP contribution in [0, 0.1) is 0 Å². The zero-order valence-electron chi connectivity index (χ0n) is 37.2. The van der Waals surface area contributed by atoms with E-state index in [0.29, 0.717) is 68.0 Å². The maximum absolute atomic E-state index is 12.9. The van der Waals surface area contributed by atoms with Gasteiger partial charge >= 0.3 is 18.4 Å². The lowest BCUT2D eigenvalue weighted by molar-refractivity contribution is -0.138. The fraction of sp³-hybridized carbons (Fsp3) is 0.426. The number of β-amino-alcohol motifs (C(OH)–C–C–N with tert-alkyl or cyclic N) is 2. The van der Waals surface area contributed by atoms with Crippen LogP contribution >= 0.6 is 0 Å². The Kier molecular flexibility index (Phi) is 14.5. The minimum atomic E-state index is -4.38. The second-order valence-corrected chi connectivity index (χ2v) is 18.1. The van der Waals surface area contributed by atoms with Crippen LogP contribution in [-0.4, -0.2) is 105 Å². The molecule has 0 radical (unpaired) electrons. The summed E-state index contributed by atoms with van der Waals surface area (Å²) in [5.74, 6) is 0.760. The molecule has 0 saturated carbocycles. The molecule has 0 aliphatic carbocycles. The summed E-state index contributed by atoms with van der Waals surface area (Å²) in [5.41, 5.74) is 0.489. The first-order valence-electron chi connectivity index (χ1n) is 21.8. The third-order valence-corrected chi connectivity index (χ3v) is 11.3. The molecular weight excluding hydrogens is 883 g/mol. The molecule has 2 saturated heterocycles. The molecule has 8 rings (SSSR count). The predicted molar refractivity (Wildman–Crippen MR) is 234 cm³/mol. The summed E-state index contributed by atoms with van der Waals surface area (Å²) >= 11 is 0. The average molecular weight is 935 g/mol. The van der Waals surface area contributed by atoms with E-state index in [1.54, 1.807) is 20.8 Å². The average Bonchev–Trinajstić information content (AvgIpc) is 3.93. The van der Waals surface area contributed by atoms with Crippen molar-refractivity contribution in [2.45, 2.75) is 102 Å². The van der Waals surface area contributed by atoms with Crippen LogP contribution < -0.4 is 5.32 Å². The number of alkyl halides is 6. The summed E-state index contributed by atoms with van der Waals surface area (Å²) < 4.78 is 82.4. The lowest BCUT2D eigenvalue weighted by Gasteiger charge is -2.39. The topological polar surface area (TPSA) is 169 Å².